The van der Waals surface area contributed by atoms with Gasteiger partial charge in [0.25, 0.3) is 5.91 Å². The Morgan fingerprint density at radius 1 is 0.828 bits per heavy atom. The van der Waals surface area contributed by atoms with Crippen molar-refractivity contribution in [3.05, 3.63) is 94.0 Å². The number of carbonyl (C=O) groups excluding carboxylic acids is 2. The number of carbonyl (C=O) groups is 2. The molecule has 0 spiro atoms. The Morgan fingerprint density at radius 2 is 1.48 bits per heavy atom. The molecule has 0 fully saturated rings. The van der Waals surface area contributed by atoms with Gasteiger partial charge in [-0.3, -0.25) is 4.79 Å². The van der Waals surface area contributed by atoms with Crippen LogP contribution in [0.15, 0.2) is 77.9 Å². The molecule has 3 aromatic carbocycles. The summed E-state index contributed by atoms with van der Waals surface area (Å²) < 4.78 is 0. The van der Waals surface area contributed by atoms with E-state index in [0.717, 1.165) is 0 Å². The molecular weight excluding hydrogens is 411 g/mol. The Kier molecular flexibility index (Phi) is 6.84. The van der Waals surface area contributed by atoms with Crippen molar-refractivity contribution < 1.29 is 9.59 Å². The van der Waals surface area contributed by atoms with Crippen molar-refractivity contribution in [3.63, 3.8) is 0 Å². The Morgan fingerprint density at radius 3 is 2.14 bits per heavy atom. The first-order chi connectivity index (χ1) is 14.0. The number of anilines is 2. The summed E-state index contributed by atoms with van der Waals surface area (Å²) in [6.45, 7) is 0. The van der Waals surface area contributed by atoms with E-state index < -0.39 is 5.91 Å². The number of halogens is 2. The fourth-order valence-electron chi connectivity index (χ4n) is 2.35. The molecular formula is C21H16Cl2N4O2. The van der Waals surface area contributed by atoms with E-state index in [4.69, 9.17) is 23.2 Å². The summed E-state index contributed by atoms with van der Waals surface area (Å²) in [5.74, 6) is -0.397. The number of para-hydroxylation sites is 1. The number of urea groups is 1. The summed E-state index contributed by atoms with van der Waals surface area (Å²) in [5.41, 5.74) is 4.66. The standard InChI is InChI=1S/C21H16Cl2N4O2/c22-16-9-6-15(19(23)12-16)13-24-27-20(28)14-7-10-18(11-8-14)26-21(29)25-17-4-2-1-3-5-17/h1-13H,(H,27,28)(H2,25,26,29)/b24-13-. The zero-order chi connectivity index (χ0) is 20.6. The van der Waals surface area contributed by atoms with Crippen LogP contribution in [0.1, 0.15) is 15.9 Å². The number of amides is 3. The SMILES string of the molecule is O=C(Nc1ccccc1)Nc1ccc(C(=O)N/N=C\c2ccc(Cl)cc2Cl)cc1. The van der Waals surface area contributed by atoms with Crippen LogP contribution in [-0.4, -0.2) is 18.2 Å². The first-order valence-electron chi connectivity index (χ1n) is 8.53. The summed E-state index contributed by atoms with van der Waals surface area (Å²) in [7, 11) is 0. The van der Waals surface area contributed by atoms with Gasteiger partial charge in [0.15, 0.2) is 0 Å². The summed E-state index contributed by atoms with van der Waals surface area (Å²) >= 11 is 11.9. The molecule has 146 valence electrons. The summed E-state index contributed by atoms with van der Waals surface area (Å²) in [6, 6.07) is 20.1. The molecule has 6 nitrogen and oxygen atoms in total. The molecule has 8 heteroatoms. The minimum absolute atomic E-state index is 0.377. The van der Waals surface area contributed by atoms with Crippen molar-refractivity contribution in [3.8, 4) is 0 Å². The van der Waals surface area contributed by atoms with Crippen LogP contribution in [0.25, 0.3) is 0 Å². The highest BCUT2D eigenvalue weighted by Gasteiger charge is 2.06. The van der Waals surface area contributed by atoms with Crippen LogP contribution in [0.2, 0.25) is 10.0 Å². The van der Waals surface area contributed by atoms with E-state index in [1.165, 1.54) is 6.21 Å². The smallest absolute Gasteiger partial charge is 0.308 e. The van der Waals surface area contributed by atoms with E-state index in [1.54, 1.807) is 54.6 Å². The molecule has 29 heavy (non-hydrogen) atoms. The lowest BCUT2D eigenvalue weighted by Gasteiger charge is -2.08. The molecule has 0 radical (unpaired) electrons. The topological polar surface area (TPSA) is 82.6 Å². The molecule has 0 saturated heterocycles. The molecule has 0 saturated carbocycles. The monoisotopic (exact) mass is 426 g/mol. The van der Waals surface area contributed by atoms with Crippen LogP contribution in [0.5, 0.6) is 0 Å². The molecule has 3 aromatic rings. The van der Waals surface area contributed by atoms with Crippen LogP contribution >= 0.6 is 23.2 Å². The van der Waals surface area contributed by atoms with Crippen LogP contribution in [-0.2, 0) is 0 Å². The maximum Gasteiger partial charge on any atom is 0.323 e. The van der Waals surface area contributed by atoms with E-state index in [-0.39, 0.29) is 6.03 Å². The van der Waals surface area contributed by atoms with Gasteiger partial charge in [0.2, 0.25) is 0 Å². The Hall–Kier alpha value is -3.35. The second kappa shape index (κ2) is 9.73. The normalized spacial score (nSPS) is 10.6. The summed E-state index contributed by atoms with van der Waals surface area (Å²) in [5, 5.41) is 10.2. The molecule has 0 aliphatic heterocycles. The Balaban J connectivity index is 1.54. The number of benzene rings is 3. The van der Waals surface area contributed by atoms with E-state index >= 15 is 0 Å². The number of hydrogen-bond acceptors (Lipinski definition) is 3. The lowest BCUT2D eigenvalue weighted by Crippen LogP contribution is -2.20. The van der Waals surface area contributed by atoms with Crippen LogP contribution in [0.4, 0.5) is 16.2 Å². The molecule has 3 amide bonds. The number of hydrazone groups is 1. The van der Waals surface area contributed by atoms with E-state index in [2.05, 4.69) is 21.2 Å². The molecule has 0 bridgehead atoms. The fourth-order valence-corrected chi connectivity index (χ4v) is 2.81. The zero-order valence-electron chi connectivity index (χ0n) is 15.0. The van der Waals surface area contributed by atoms with Crippen molar-refractivity contribution in [2.75, 3.05) is 10.6 Å². The van der Waals surface area contributed by atoms with E-state index in [9.17, 15) is 9.59 Å². The van der Waals surface area contributed by atoms with Crippen LogP contribution in [0, 0.1) is 0 Å². The van der Waals surface area contributed by atoms with Gasteiger partial charge < -0.3 is 10.6 Å². The van der Waals surface area contributed by atoms with Gasteiger partial charge in [-0.05, 0) is 48.5 Å². The third-order valence-electron chi connectivity index (χ3n) is 3.77. The van der Waals surface area contributed by atoms with Gasteiger partial charge in [-0.15, -0.1) is 0 Å². The number of rotatable bonds is 5. The fraction of sp³-hybridized carbons (Fsp3) is 0. The highest BCUT2D eigenvalue weighted by atomic mass is 35.5. The highest BCUT2D eigenvalue weighted by Crippen LogP contribution is 2.19. The Labute approximate surface area is 177 Å². The zero-order valence-corrected chi connectivity index (χ0v) is 16.5. The first kappa shape index (κ1) is 20.4. The highest BCUT2D eigenvalue weighted by molar-refractivity contribution is 6.36. The van der Waals surface area contributed by atoms with Crippen LogP contribution in [0.3, 0.4) is 0 Å². The molecule has 0 heterocycles. The third-order valence-corrected chi connectivity index (χ3v) is 4.33. The molecule has 0 aromatic heterocycles. The van der Waals surface area contributed by atoms with Gasteiger partial charge >= 0.3 is 6.03 Å². The van der Waals surface area contributed by atoms with Crippen molar-refractivity contribution in [2.45, 2.75) is 0 Å². The van der Waals surface area contributed by atoms with Crippen molar-refractivity contribution in [1.82, 2.24) is 5.43 Å². The summed E-state index contributed by atoms with van der Waals surface area (Å²) in [4.78, 5) is 24.2. The minimum Gasteiger partial charge on any atom is -0.308 e. The average Bonchev–Trinajstić information content (AvgIpc) is 2.71. The lowest BCUT2D eigenvalue weighted by molar-refractivity contribution is 0.0955. The average molecular weight is 427 g/mol. The van der Waals surface area contributed by atoms with Gasteiger partial charge in [-0.2, -0.15) is 5.10 Å². The molecule has 0 atom stereocenters. The molecule has 3 rings (SSSR count). The van der Waals surface area contributed by atoms with Gasteiger partial charge in [0, 0.05) is 27.5 Å². The molecule has 0 aliphatic carbocycles. The largest absolute Gasteiger partial charge is 0.323 e. The van der Waals surface area contributed by atoms with Crippen molar-refractivity contribution in [1.29, 1.82) is 0 Å². The van der Waals surface area contributed by atoms with Gasteiger partial charge in [-0.25, -0.2) is 10.2 Å². The quantitative estimate of drug-likeness (QED) is 0.376. The van der Waals surface area contributed by atoms with Gasteiger partial charge in [0.05, 0.1) is 11.2 Å². The second-order valence-corrected chi connectivity index (χ2v) is 6.73. The maximum absolute atomic E-state index is 12.2. The van der Waals surface area contributed by atoms with E-state index in [0.29, 0.717) is 32.5 Å². The van der Waals surface area contributed by atoms with Gasteiger partial charge in [-0.1, -0.05) is 47.5 Å². The van der Waals surface area contributed by atoms with Crippen molar-refractivity contribution >= 4 is 52.7 Å². The number of hydrogen-bond donors (Lipinski definition) is 3. The van der Waals surface area contributed by atoms with E-state index in [1.807, 2.05) is 18.2 Å². The minimum atomic E-state index is -0.397. The third kappa shape index (κ3) is 6.07. The molecule has 0 aliphatic rings. The first-order valence-corrected chi connectivity index (χ1v) is 9.28. The number of nitrogens with one attached hydrogen (secondary N) is 3. The lowest BCUT2D eigenvalue weighted by atomic mass is 10.2. The van der Waals surface area contributed by atoms with Gasteiger partial charge in [0.1, 0.15) is 0 Å². The predicted molar refractivity (Wildman–Crippen MR) is 117 cm³/mol. The number of nitrogens with zero attached hydrogens (tertiary/aromatic N) is 1. The summed E-state index contributed by atoms with van der Waals surface area (Å²) in [6.07, 6.45) is 1.43. The van der Waals surface area contributed by atoms with Crippen molar-refractivity contribution in [2.24, 2.45) is 5.10 Å². The predicted octanol–water partition coefficient (Wildman–Crippen LogP) is 5.40. The second-order valence-electron chi connectivity index (χ2n) is 5.89. The maximum atomic E-state index is 12.2. The Bertz CT molecular complexity index is 1040. The molecule has 0 unspecified atom stereocenters. The van der Waals surface area contributed by atoms with Crippen LogP contribution < -0.4 is 16.1 Å². The molecule has 3 N–H and O–H groups in total.